The van der Waals surface area contributed by atoms with Gasteiger partial charge in [-0.3, -0.25) is 0 Å². The highest BCUT2D eigenvalue weighted by molar-refractivity contribution is 5.27. The summed E-state index contributed by atoms with van der Waals surface area (Å²) in [6, 6.07) is 9.58. The molecule has 17 heavy (non-hydrogen) atoms. The Morgan fingerprint density at radius 3 is 2.41 bits per heavy atom. The fraction of sp³-hybridized carbons (Fsp3) is 0.600. The molecule has 2 unspecified atom stereocenters. The molecule has 1 N–H and O–H groups in total. The monoisotopic (exact) mass is 233 g/mol. The molecule has 94 valence electrons. The maximum absolute atomic E-state index is 5.16. The maximum Gasteiger partial charge on any atom is 0.118 e. The molecule has 0 heterocycles. The molecule has 1 aliphatic carbocycles. The zero-order chi connectivity index (χ0) is 12.3. The van der Waals surface area contributed by atoms with Gasteiger partial charge in [-0.1, -0.05) is 12.1 Å². The summed E-state index contributed by atoms with van der Waals surface area (Å²) in [5.74, 6) is 1.86. The smallest absolute Gasteiger partial charge is 0.118 e. The van der Waals surface area contributed by atoms with Crippen molar-refractivity contribution in [1.29, 1.82) is 0 Å². The number of hydrogen-bond acceptors (Lipinski definition) is 2. The van der Waals surface area contributed by atoms with Crippen molar-refractivity contribution in [1.82, 2.24) is 5.32 Å². The Bertz CT molecular complexity index is 342. The summed E-state index contributed by atoms with van der Waals surface area (Å²) in [5.41, 5.74) is 1.37. The Morgan fingerprint density at radius 1 is 1.24 bits per heavy atom. The summed E-state index contributed by atoms with van der Waals surface area (Å²) in [7, 11) is 1.70. The van der Waals surface area contributed by atoms with Gasteiger partial charge in [0.15, 0.2) is 0 Å². The molecule has 0 amide bonds. The van der Waals surface area contributed by atoms with E-state index in [-0.39, 0.29) is 0 Å². The molecule has 0 aliphatic heterocycles. The van der Waals surface area contributed by atoms with Gasteiger partial charge in [-0.2, -0.15) is 0 Å². The van der Waals surface area contributed by atoms with Gasteiger partial charge in [-0.25, -0.2) is 0 Å². The summed E-state index contributed by atoms with van der Waals surface area (Å²) >= 11 is 0. The molecule has 2 heteroatoms. The topological polar surface area (TPSA) is 21.3 Å². The first-order chi connectivity index (χ1) is 8.19. The zero-order valence-electron chi connectivity index (χ0n) is 11.1. The van der Waals surface area contributed by atoms with Crippen molar-refractivity contribution in [3.8, 4) is 5.75 Å². The fourth-order valence-electron chi connectivity index (χ4n) is 2.36. The molecule has 0 saturated heterocycles. The normalized spacial score (nSPS) is 18.8. The van der Waals surface area contributed by atoms with Crippen molar-refractivity contribution >= 4 is 0 Å². The molecule has 1 aromatic rings. The largest absolute Gasteiger partial charge is 0.497 e. The Balaban J connectivity index is 1.81. The molecule has 0 bridgehead atoms. The molecule has 2 nitrogen and oxygen atoms in total. The number of hydrogen-bond donors (Lipinski definition) is 1. The van der Waals surface area contributed by atoms with Crippen molar-refractivity contribution in [3.63, 3.8) is 0 Å². The van der Waals surface area contributed by atoms with E-state index in [1.165, 1.54) is 18.4 Å². The molecule has 0 spiro atoms. The van der Waals surface area contributed by atoms with Crippen molar-refractivity contribution in [2.75, 3.05) is 7.11 Å². The SMILES string of the molecule is COc1ccc(CC(C)NC(C)C2CC2)cc1. The van der Waals surface area contributed by atoms with Gasteiger partial charge in [0.1, 0.15) is 5.75 Å². The average molecular weight is 233 g/mol. The van der Waals surface area contributed by atoms with Gasteiger partial charge in [0.2, 0.25) is 0 Å². The Morgan fingerprint density at radius 2 is 1.88 bits per heavy atom. The van der Waals surface area contributed by atoms with Crippen LogP contribution in [-0.2, 0) is 6.42 Å². The minimum Gasteiger partial charge on any atom is -0.497 e. The standard InChI is InChI=1S/C15H23NO/c1-11(16-12(2)14-6-7-14)10-13-4-8-15(17-3)9-5-13/h4-5,8-9,11-12,14,16H,6-7,10H2,1-3H3. The lowest BCUT2D eigenvalue weighted by molar-refractivity contribution is 0.413. The number of benzene rings is 1. The molecule has 2 rings (SSSR count). The van der Waals surface area contributed by atoms with Crippen LogP contribution in [0.1, 0.15) is 32.3 Å². The van der Waals surface area contributed by atoms with E-state index in [9.17, 15) is 0 Å². The third-order valence-corrected chi connectivity index (χ3v) is 3.58. The minimum absolute atomic E-state index is 0.541. The van der Waals surface area contributed by atoms with Crippen molar-refractivity contribution in [3.05, 3.63) is 29.8 Å². The van der Waals surface area contributed by atoms with E-state index in [1.54, 1.807) is 7.11 Å². The third-order valence-electron chi connectivity index (χ3n) is 3.58. The van der Waals surface area contributed by atoms with Crippen LogP contribution in [0.2, 0.25) is 0 Å². The number of ether oxygens (including phenoxy) is 1. The maximum atomic E-state index is 5.16. The van der Waals surface area contributed by atoms with Gasteiger partial charge in [0.25, 0.3) is 0 Å². The van der Waals surface area contributed by atoms with Gasteiger partial charge in [0, 0.05) is 12.1 Å². The van der Waals surface area contributed by atoms with Crippen LogP contribution in [-0.4, -0.2) is 19.2 Å². The highest BCUT2D eigenvalue weighted by Gasteiger charge is 2.28. The van der Waals surface area contributed by atoms with E-state index in [1.807, 2.05) is 12.1 Å². The number of rotatable bonds is 6. The highest BCUT2D eigenvalue weighted by Crippen LogP contribution is 2.32. The van der Waals surface area contributed by atoms with Crippen molar-refractivity contribution < 1.29 is 4.74 Å². The molecule has 1 fully saturated rings. The molecule has 1 aliphatic rings. The summed E-state index contributed by atoms with van der Waals surface area (Å²) in [6.45, 7) is 4.57. The zero-order valence-corrected chi connectivity index (χ0v) is 11.1. The van der Waals surface area contributed by atoms with Crippen LogP contribution in [0.5, 0.6) is 5.75 Å². The van der Waals surface area contributed by atoms with Gasteiger partial charge in [0.05, 0.1) is 7.11 Å². The molecule has 1 saturated carbocycles. The van der Waals surface area contributed by atoms with Gasteiger partial charge < -0.3 is 10.1 Å². The second-order valence-electron chi connectivity index (χ2n) is 5.25. The highest BCUT2D eigenvalue weighted by atomic mass is 16.5. The lowest BCUT2D eigenvalue weighted by atomic mass is 10.1. The Hall–Kier alpha value is -1.02. The second kappa shape index (κ2) is 5.54. The van der Waals surface area contributed by atoms with Gasteiger partial charge in [-0.05, 0) is 56.7 Å². The van der Waals surface area contributed by atoms with E-state index < -0.39 is 0 Å². The predicted octanol–water partition coefficient (Wildman–Crippen LogP) is 3.01. The Labute approximate surface area is 104 Å². The Kier molecular flexibility index (Phi) is 4.06. The summed E-state index contributed by atoms with van der Waals surface area (Å²) < 4.78 is 5.16. The van der Waals surface area contributed by atoms with Crippen LogP contribution in [0.25, 0.3) is 0 Å². The van der Waals surface area contributed by atoms with Crippen LogP contribution < -0.4 is 10.1 Å². The summed E-state index contributed by atoms with van der Waals surface area (Å²) in [4.78, 5) is 0. The molecular weight excluding hydrogens is 210 g/mol. The molecule has 2 atom stereocenters. The number of nitrogens with one attached hydrogen (secondary N) is 1. The first-order valence-electron chi connectivity index (χ1n) is 6.58. The van der Waals surface area contributed by atoms with Crippen LogP contribution in [0.4, 0.5) is 0 Å². The fourth-order valence-corrected chi connectivity index (χ4v) is 2.36. The van der Waals surface area contributed by atoms with Crippen molar-refractivity contribution in [2.24, 2.45) is 5.92 Å². The molecular formula is C15H23NO. The lowest BCUT2D eigenvalue weighted by Crippen LogP contribution is -2.37. The summed E-state index contributed by atoms with van der Waals surface area (Å²) in [5, 5.41) is 3.69. The average Bonchev–Trinajstić information content (AvgIpc) is 3.13. The first-order valence-corrected chi connectivity index (χ1v) is 6.58. The van der Waals surface area contributed by atoms with Gasteiger partial charge >= 0.3 is 0 Å². The number of methoxy groups -OCH3 is 1. The predicted molar refractivity (Wildman–Crippen MR) is 71.5 cm³/mol. The van der Waals surface area contributed by atoms with Crippen LogP contribution in [0.3, 0.4) is 0 Å². The second-order valence-corrected chi connectivity index (χ2v) is 5.25. The lowest BCUT2D eigenvalue weighted by Gasteiger charge is -2.19. The van der Waals surface area contributed by atoms with E-state index in [0.29, 0.717) is 12.1 Å². The molecule has 1 aromatic carbocycles. The van der Waals surface area contributed by atoms with E-state index >= 15 is 0 Å². The van der Waals surface area contributed by atoms with E-state index in [2.05, 4.69) is 31.3 Å². The summed E-state index contributed by atoms with van der Waals surface area (Å²) in [6.07, 6.45) is 3.90. The van der Waals surface area contributed by atoms with Crippen LogP contribution >= 0.6 is 0 Å². The van der Waals surface area contributed by atoms with Crippen LogP contribution in [0, 0.1) is 5.92 Å². The first kappa shape index (κ1) is 12.4. The molecule has 0 aromatic heterocycles. The van der Waals surface area contributed by atoms with E-state index in [0.717, 1.165) is 18.1 Å². The van der Waals surface area contributed by atoms with Crippen molar-refractivity contribution in [2.45, 2.75) is 45.2 Å². The minimum atomic E-state index is 0.541. The van der Waals surface area contributed by atoms with E-state index in [4.69, 9.17) is 4.74 Å². The van der Waals surface area contributed by atoms with Crippen LogP contribution in [0.15, 0.2) is 24.3 Å². The molecule has 0 radical (unpaired) electrons. The van der Waals surface area contributed by atoms with Gasteiger partial charge in [-0.15, -0.1) is 0 Å². The third kappa shape index (κ3) is 3.74. The quantitative estimate of drug-likeness (QED) is 0.815.